The standard InChI is InChI=1S/C13H17NO5/c1-18-13(9-5-3-2-4-6-9)19-11(15)8-7-10(14)12(16)17/h2-6,10,13H,7-8,14H2,1H3,(H,16,17)/t10-,13?/m0/s1. The Morgan fingerprint density at radius 2 is 1.95 bits per heavy atom. The van der Waals surface area contributed by atoms with E-state index in [4.69, 9.17) is 20.3 Å². The van der Waals surface area contributed by atoms with Gasteiger partial charge in [0.25, 0.3) is 0 Å². The van der Waals surface area contributed by atoms with Gasteiger partial charge in [0.2, 0.25) is 6.29 Å². The summed E-state index contributed by atoms with van der Waals surface area (Å²) in [6.07, 6.45) is -0.839. The number of hydrogen-bond acceptors (Lipinski definition) is 5. The van der Waals surface area contributed by atoms with Gasteiger partial charge in [-0.25, -0.2) is 0 Å². The molecule has 1 unspecified atom stereocenters. The third kappa shape index (κ3) is 5.07. The first-order chi connectivity index (χ1) is 9.04. The predicted molar refractivity (Wildman–Crippen MR) is 67.1 cm³/mol. The molecular weight excluding hydrogens is 250 g/mol. The van der Waals surface area contributed by atoms with Crippen LogP contribution >= 0.6 is 0 Å². The molecule has 2 atom stereocenters. The number of carboxylic acid groups (broad SMARTS) is 1. The summed E-state index contributed by atoms with van der Waals surface area (Å²) in [6.45, 7) is 0. The van der Waals surface area contributed by atoms with E-state index >= 15 is 0 Å². The van der Waals surface area contributed by atoms with Gasteiger partial charge in [-0.15, -0.1) is 0 Å². The number of hydrogen-bond donors (Lipinski definition) is 2. The number of methoxy groups -OCH3 is 1. The van der Waals surface area contributed by atoms with Gasteiger partial charge in [0, 0.05) is 19.1 Å². The number of ether oxygens (including phenoxy) is 2. The van der Waals surface area contributed by atoms with Gasteiger partial charge in [0.15, 0.2) is 0 Å². The highest BCUT2D eigenvalue weighted by molar-refractivity contribution is 5.75. The number of carbonyl (C=O) groups is 2. The van der Waals surface area contributed by atoms with Gasteiger partial charge in [-0.3, -0.25) is 9.59 Å². The first-order valence-electron chi connectivity index (χ1n) is 5.80. The molecule has 6 nitrogen and oxygen atoms in total. The molecule has 0 aromatic heterocycles. The molecule has 6 heteroatoms. The molecule has 104 valence electrons. The van der Waals surface area contributed by atoms with E-state index in [1.54, 1.807) is 24.3 Å². The quantitative estimate of drug-likeness (QED) is 0.566. The molecule has 19 heavy (non-hydrogen) atoms. The molecule has 0 aliphatic rings. The molecule has 0 fully saturated rings. The van der Waals surface area contributed by atoms with Gasteiger partial charge >= 0.3 is 11.9 Å². The second-order valence-corrected chi connectivity index (χ2v) is 3.95. The van der Waals surface area contributed by atoms with Crippen molar-refractivity contribution in [3.63, 3.8) is 0 Å². The van der Waals surface area contributed by atoms with E-state index in [-0.39, 0.29) is 12.8 Å². The highest BCUT2D eigenvalue weighted by atomic mass is 16.7. The van der Waals surface area contributed by atoms with E-state index in [0.29, 0.717) is 5.56 Å². The Morgan fingerprint density at radius 3 is 2.47 bits per heavy atom. The van der Waals surface area contributed by atoms with Gasteiger partial charge < -0.3 is 20.3 Å². The molecule has 0 radical (unpaired) electrons. The second kappa shape index (κ2) is 7.50. The summed E-state index contributed by atoms with van der Waals surface area (Å²) in [6, 6.07) is 7.91. The number of nitrogens with two attached hydrogens (primary N) is 1. The fourth-order valence-corrected chi connectivity index (χ4v) is 1.44. The minimum Gasteiger partial charge on any atom is -0.480 e. The van der Waals surface area contributed by atoms with E-state index < -0.39 is 24.3 Å². The van der Waals surface area contributed by atoms with Gasteiger partial charge in [-0.1, -0.05) is 30.3 Å². The summed E-state index contributed by atoms with van der Waals surface area (Å²) in [4.78, 5) is 22.1. The lowest BCUT2D eigenvalue weighted by atomic mass is 10.2. The number of rotatable bonds is 7. The topological polar surface area (TPSA) is 98.9 Å². The summed E-state index contributed by atoms with van der Waals surface area (Å²) in [7, 11) is 1.42. The molecule has 0 amide bonds. The molecule has 1 aromatic carbocycles. The van der Waals surface area contributed by atoms with Crippen molar-refractivity contribution in [3.8, 4) is 0 Å². The van der Waals surface area contributed by atoms with Gasteiger partial charge in [0.1, 0.15) is 6.04 Å². The highest BCUT2D eigenvalue weighted by Gasteiger charge is 2.18. The Labute approximate surface area is 111 Å². The number of benzene rings is 1. The molecule has 3 N–H and O–H groups in total. The Morgan fingerprint density at radius 1 is 1.32 bits per heavy atom. The van der Waals surface area contributed by atoms with Crippen molar-refractivity contribution in [1.82, 2.24) is 0 Å². The van der Waals surface area contributed by atoms with Crippen molar-refractivity contribution in [1.29, 1.82) is 0 Å². The zero-order chi connectivity index (χ0) is 14.3. The van der Waals surface area contributed by atoms with Crippen molar-refractivity contribution in [2.24, 2.45) is 5.73 Å². The second-order valence-electron chi connectivity index (χ2n) is 3.95. The van der Waals surface area contributed by atoms with Crippen LogP contribution in [-0.2, 0) is 19.1 Å². The zero-order valence-corrected chi connectivity index (χ0v) is 10.6. The molecule has 1 rings (SSSR count). The van der Waals surface area contributed by atoms with E-state index in [1.165, 1.54) is 7.11 Å². The minimum atomic E-state index is -1.14. The molecule has 0 aliphatic heterocycles. The van der Waals surface area contributed by atoms with E-state index in [1.807, 2.05) is 6.07 Å². The number of esters is 1. The Bertz CT molecular complexity index is 420. The lowest BCUT2D eigenvalue weighted by molar-refractivity contribution is -0.175. The Balaban J connectivity index is 2.48. The van der Waals surface area contributed by atoms with Crippen LogP contribution in [0.5, 0.6) is 0 Å². The highest BCUT2D eigenvalue weighted by Crippen LogP contribution is 2.18. The Hall–Kier alpha value is -1.92. The molecule has 0 saturated carbocycles. The van der Waals surface area contributed by atoms with Crippen molar-refractivity contribution in [2.75, 3.05) is 7.11 Å². The van der Waals surface area contributed by atoms with E-state index in [2.05, 4.69) is 0 Å². The summed E-state index contributed by atoms with van der Waals surface area (Å²) in [5.74, 6) is -1.69. The first-order valence-corrected chi connectivity index (χ1v) is 5.80. The van der Waals surface area contributed by atoms with E-state index in [0.717, 1.165) is 0 Å². The van der Waals surface area contributed by atoms with E-state index in [9.17, 15) is 9.59 Å². The maximum Gasteiger partial charge on any atom is 0.320 e. The minimum absolute atomic E-state index is 0.0272. The molecule has 0 aliphatic carbocycles. The maximum absolute atomic E-state index is 11.6. The molecule has 0 bridgehead atoms. The molecule has 0 saturated heterocycles. The molecular formula is C13H17NO5. The third-order valence-corrected chi connectivity index (χ3v) is 2.50. The van der Waals surface area contributed by atoms with Crippen molar-refractivity contribution in [3.05, 3.63) is 35.9 Å². The third-order valence-electron chi connectivity index (χ3n) is 2.50. The SMILES string of the molecule is COC(OC(=O)CC[C@H](N)C(=O)O)c1ccccc1. The van der Waals surface area contributed by atoms with Crippen LogP contribution in [0.15, 0.2) is 30.3 Å². The van der Waals surface area contributed by atoms with Crippen LogP contribution in [0.3, 0.4) is 0 Å². The van der Waals surface area contributed by atoms with Crippen molar-refractivity contribution in [2.45, 2.75) is 25.2 Å². The monoisotopic (exact) mass is 267 g/mol. The zero-order valence-electron chi connectivity index (χ0n) is 10.6. The van der Waals surface area contributed by atoms with Crippen LogP contribution in [0.2, 0.25) is 0 Å². The van der Waals surface area contributed by atoms with Crippen LogP contribution in [0.25, 0.3) is 0 Å². The summed E-state index contributed by atoms with van der Waals surface area (Å²) >= 11 is 0. The molecule has 1 aromatic rings. The van der Waals surface area contributed by atoms with Crippen LogP contribution in [0, 0.1) is 0 Å². The lowest BCUT2D eigenvalue weighted by Gasteiger charge is -2.16. The summed E-state index contributed by atoms with van der Waals surface area (Å²) < 4.78 is 10.2. The van der Waals surface area contributed by atoms with Crippen LogP contribution in [0.1, 0.15) is 24.7 Å². The smallest absolute Gasteiger partial charge is 0.320 e. The Kier molecular flexibility index (Phi) is 5.98. The lowest BCUT2D eigenvalue weighted by Crippen LogP contribution is -2.30. The summed E-state index contributed by atoms with van der Waals surface area (Å²) in [5, 5.41) is 8.60. The van der Waals surface area contributed by atoms with Gasteiger partial charge in [0.05, 0.1) is 0 Å². The van der Waals surface area contributed by atoms with Crippen molar-refractivity contribution >= 4 is 11.9 Å². The normalized spacial score (nSPS) is 13.6. The number of aliphatic carboxylic acids is 1. The number of carbonyl (C=O) groups excluding carboxylic acids is 1. The van der Waals surface area contributed by atoms with Crippen LogP contribution < -0.4 is 5.73 Å². The predicted octanol–water partition coefficient (Wildman–Crippen LogP) is 1.07. The van der Waals surface area contributed by atoms with Crippen LogP contribution in [-0.4, -0.2) is 30.2 Å². The molecule has 0 heterocycles. The average Bonchev–Trinajstić information content (AvgIpc) is 2.42. The molecule has 0 spiro atoms. The van der Waals surface area contributed by atoms with Crippen LogP contribution in [0.4, 0.5) is 0 Å². The number of carboxylic acids is 1. The summed E-state index contributed by atoms with van der Waals surface area (Å²) in [5.41, 5.74) is 6.01. The fraction of sp³-hybridized carbons (Fsp3) is 0.385. The largest absolute Gasteiger partial charge is 0.480 e. The van der Waals surface area contributed by atoms with Gasteiger partial charge in [-0.2, -0.15) is 0 Å². The fourth-order valence-electron chi connectivity index (χ4n) is 1.44. The average molecular weight is 267 g/mol. The maximum atomic E-state index is 11.6. The first kappa shape index (κ1) is 15.1. The van der Waals surface area contributed by atoms with Gasteiger partial charge in [-0.05, 0) is 6.42 Å². The van der Waals surface area contributed by atoms with Crippen molar-refractivity contribution < 1.29 is 24.2 Å².